The molecule has 0 saturated heterocycles. The molecule has 0 aromatic carbocycles. The number of hydrogen-bond acceptors (Lipinski definition) is 3. The van der Waals surface area contributed by atoms with E-state index in [0.29, 0.717) is 25.4 Å². The van der Waals surface area contributed by atoms with Crippen molar-refractivity contribution >= 4 is 14.3 Å². The maximum absolute atomic E-state index is 14.8. The van der Waals surface area contributed by atoms with Gasteiger partial charge in [-0.1, -0.05) is 20.8 Å². The Morgan fingerprint density at radius 1 is 1.13 bits per heavy atom. The van der Waals surface area contributed by atoms with Crippen molar-refractivity contribution in [2.75, 3.05) is 6.61 Å². The highest BCUT2D eigenvalue weighted by Crippen LogP contribution is 2.40. The number of halogens is 1. The monoisotopic (exact) mass is 346 g/mol. The van der Waals surface area contributed by atoms with Crippen LogP contribution in [0.1, 0.15) is 67.2 Å². The summed E-state index contributed by atoms with van der Waals surface area (Å²) in [5.74, 6) is -0.357. The van der Waals surface area contributed by atoms with Crippen molar-refractivity contribution in [3.05, 3.63) is 0 Å². The molecule has 0 N–H and O–H groups in total. The molecule has 0 aromatic rings. The van der Waals surface area contributed by atoms with Crippen LogP contribution in [0.15, 0.2) is 0 Å². The quantitative estimate of drug-likeness (QED) is 0.515. The van der Waals surface area contributed by atoms with Gasteiger partial charge in [-0.2, -0.15) is 0 Å². The molecule has 0 spiro atoms. The van der Waals surface area contributed by atoms with E-state index < -0.39 is 25.6 Å². The van der Waals surface area contributed by atoms with Gasteiger partial charge in [0.2, 0.25) is 5.67 Å². The van der Waals surface area contributed by atoms with Gasteiger partial charge in [0, 0.05) is 6.61 Å². The molecule has 0 aromatic heterocycles. The van der Waals surface area contributed by atoms with Gasteiger partial charge < -0.3 is 9.16 Å². The Balaban J connectivity index is 2.51. The largest absolute Gasteiger partial charge is 0.458 e. The molecule has 0 amide bonds. The van der Waals surface area contributed by atoms with Crippen molar-refractivity contribution in [3.8, 4) is 0 Å². The lowest BCUT2D eigenvalue weighted by molar-refractivity contribution is -0.172. The summed E-state index contributed by atoms with van der Waals surface area (Å²) < 4.78 is 26.3. The van der Waals surface area contributed by atoms with Gasteiger partial charge in [-0.15, -0.1) is 0 Å². The normalized spacial score (nSPS) is 26.9. The average molecular weight is 347 g/mol. The topological polar surface area (TPSA) is 35.5 Å². The molecule has 1 aliphatic carbocycles. The first-order valence-electron chi connectivity index (χ1n) is 8.73. The van der Waals surface area contributed by atoms with Crippen molar-refractivity contribution < 1.29 is 18.3 Å². The van der Waals surface area contributed by atoms with Gasteiger partial charge in [0.25, 0.3) is 0 Å². The zero-order chi connectivity index (χ0) is 18.1. The van der Waals surface area contributed by atoms with E-state index in [0.717, 1.165) is 0 Å². The molecule has 0 bridgehead atoms. The van der Waals surface area contributed by atoms with Gasteiger partial charge in [-0.25, -0.2) is 9.18 Å². The molecule has 0 heterocycles. The summed E-state index contributed by atoms with van der Waals surface area (Å²) in [7, 11) is -1.76. The third-order valence-corrected chi connectivity index (χ3v) is 9.65. The summed E-state index contributed by atoms with van der Waals surface area (Å²) in [6, 6.07) is 0. The van der Waals surface area contributed by atoms with Gasteiger partial charge in [0.1, 0.15) is 5.60 Å². The van der Waals surface area contributed by atoms with E-state index in [1.807, 2.05) is 0 Å². The Morgan fingerprint density at radius 3 is 2.00 bits per heavy atom. The van der Waals surface area contributed by atoms with Crippen molar-refractivity contribution in [1.29, 1.82) is 0 Å². The first kappa shape index (κ1) is 20.6. The second-order valence-electron chi connectivity index (χ2n) is 9.48. The van der Waals surface area contributed by atoms with Crippen LogP contribution in [0.25, 0.3) is 0 Å². The van der Waals surface area contributed by atoms with E-state index in [9.17, 15) is 9.18 Å². The molecule has 1 fully saturated rings. The lowest BCUT2D eigenvalue weighted by Gasteiger charge is -2.39. The van der Waals surface area contributed by atoms with Crippen LogP contribution >= 0.6 is 0 Å². The van der Waals surface area contributed by atoms with Crippen molar-refractivity contribution in [3.63, 3.8) is 0 Å². The van der Waals surface area contributed by atoms with E-state index in [1.54, 1.807) is 20.8 Å². The molecule has 1 saturated carbocycles. The van der Waals surface area contributed by atoms with E-state index in [1.165, 1.54) is 0 Å². The summed E-state index contributed by atoms with van der Waals surface area (Å²) in [5, 5.41) is 0.183. The Kier molecular flexibility index (Phi) is 6.12. The van der Waals surface area contributed by atoms with Crippen LogP contribution in [0, 0.1) is 5.92 Å². The summed E-state index contributed by atoms with van der Waals surface area (Å²) in [6.45, 7) is 17.1. The zero-order valence-corrected chi connectivity index (χ0v) is 17.2. The van der Waals surface area contributed by atoms with Crippen LogP contribution in [0.5, 0.6) is 0 Å². The fourth-order valence-electron chi connectivity index (χ4n) is 2.42. The molecule has 0 aliphatic heterocycles. The molecular weight excluding hydrogens is 311 g/mol. The number of rotatable bonds is 4. The van der Waals surface area contributed by atoms with Gasteiger partial charge in [-0.3, -0.25) is 0 Å². The smallest absolute Gasteiger partial charge is 0.344 e. The third kappa shape index (κ3) is 5.86. The minimum atomic E-state index is -1.82. The molecule has 0 atom stereocenters. The minimum Gasteiger partial charge on any atom is -0.458 e. The van der Waals surface area contributed by atoms with Gasteiger partial charge in [0.15, 0.2) is 8.32 Å². The second-order valence-corrected chi connectivity index (χ2v) is 14.3. The fourth-order valence-corrected chi connectivity index (χ4v) is 3.50. The predicted molar refractivity (Wildman–Crippen MR) is 94.8 cm³/mol. The number of ether oxygens (including phenoxy) is 1. The summed E-state index contributed by atoms with van der Waals surface area (Å²) >= 11 is 0. The first-order chi connectivity index (χ1) is 10.2. The Labute approximate surface area is 142 Å². The van der Waals surface area contributed by atoms with Crippen molar-refractivity contribution in [1.82, 2.24) is 0 Å². The molecule has 1 aliphatic rings. The second kappa shape index (κ2) is 6.83. The van der Waals surface area contributed by atoms with Gasteiger partial charge in [-0.05, 0) is 70.5 Å². The number of esters is 1. The Hall–Kier alpha value is -0.423. The Bertz CT molecular complexity index is 413. The van der Waals surface area contributed by atoms with Crippen LogP contribution in [0.4, 0.5) is 4.39 Å². The molecule has 136 valence electrons. The summed E-state index contributed by atoms with van der Waals surface area (Å²) in [5.41, 5.74) is -2.46. The van der Waals surface area contributed by atoms with Crippen LogP contribution < -0.4 is 0 Å². The highest BCUT2D eigenvalue weighted by molar-refractivity contribution is 6.74. The van der Waals surface area contributed by atoms with E-state index >= 15 is 0 Å². The van der Waals surface area contributed by atoms with E-state index in [4.69, 9.17) is 9.16 Å². The third-order valence-electron chi connectivity index (χ3n) is 5.15. The maximum atomic E-state index is 14.8. The standard InChI is InChI=1S/C18H35FO3Si/c1-16(2,3)22-15(20)18(19)11-9-14(10-12-18)13-21-23(7,8)17(4,5)6/h14H,9-13H2,1-8H3. The van der Waals surface area contributed by atoms with Gasteiger partial charge in [0.05, 0.1) is 0 Å². The van der Waals surface area contributed by atoms with Crippen LogP contribution in [-0.2, 0) is 14.0 Å². The van der Waals surface area contributed by atoms with Crippen molar-refractivity contribution in [2.24, 2.45) is 5.92 Å². The summed E-state index contributed by atoms with van der Waals surface area (Å²) in [6.07, 6.45) is 1.86. The molecule has 3 nitrogen and oxygen atoms in total. The first-order valence-corrected chi connectivity index (χ1v) is 11.6. The highest BCUT2D eigenvalue weighted by Gasteiger charge is 2.45. The van der Waals surface area contributed by atoms with Crippen LogP contribution in [-0.4, -0.2) is 32.2 Å². The summed E-state index contributed by atoms with van der Waals surface area (Å²) in [4.78, 5) is 12.1. The van der Waals surface area contributed by atoms with E-state index in [-0.39, 0.29) is 17.9 Å². The fraction of sp³-hybridized carbons (Fsp3) is 0.944. The molecule has 1 rings (SSSR count). The lowest BCUT2D eigenvalue weighted by atomic mass is 9.80. The number of hydrogen-bond donors (Lipinski definition) is 0. The van der Waals surface area contributed by atoms with Gasteiger partial charge >= 0.3 is 5.97 Å². The van der Waals surface area contributed by atoms with Crippen LogP contribution in [0.2, 0.25) is 18.1 Å². The number of alkyl halides is 1. The molecule has 0 unspecified atom stereocenters. The molecule has 23 heavy (non-hydrogen) atoms. The van der Waals surface area contributed by atoms with Crippen LogP contribution in [0.3, 0.4) is 0 Å². The molecule has 5 heteroatoms. The number of carbonyl (C=O) groups is 1. The highest BCUT2D eigenvalue weighted by atomic mass is 28.4. The maximum Gasteiger partial charge on any atom is 0.344 e. The molecular formula is C18H35FO3Si. The zero-order valence-electron chi connectivity index (χ0n) is 16.2. The lowest BCUT2D eigenvalue weighted by Crippen LogP contribution is -2.45. The average Bonchev–Trinajstić information content (AvgIpc) is 2.35. The number of carbonyl (C=O) groups excluding carboxylic acids is 1. The predicted octanol–water partition coefficient (Wildman–Crippen LogP) is 5.25. The molecule has 0 radical (unpaired) electrons. The van der Waals surface area contributed by atoms with E-state index in [2.05, 4.69) is 33.9 Å². The van der Waals surface area contributed by atoms with Crippen molar-refractivity contribution in [2.45, 2.75) is 96.6 Å². The minimum absolute atomic E-state index is 0.183. The Morgan fingerprint density at radius 2 is 1.61 bits per heavy atom. The SMILES string of the molecule is CC(C)(C)OC(=O)C1(F)CCC(CO[Si](C)(C)C(C)(C)C)CC1.